The molecule has 0 saturated heterocycles. The van der Waals surface area contributed by atoms with Crippen molar-refractivity contribution in [3.63, 3.8) is 0 Å². The second-order valence-electron chi connectivity index (χ2n) is 9.98. The average Bonchev–Trinajstić information content (AvgIpc) is 3.69. The Morgan fingerprint density at radius 2 is 1.42 bits per heavy atom. The molecular formula is C36H21IrN7O-2. The zero-order chi connectivity index (χ0) is 29.3. The molecule has 0 amide bonds. The van der Waals surface area contributed by atoms with Crippen molar-refractivity contribution >= 4 is 44.0 Å². The summed E-state index contributed by atoms with van der Waals surface area (Å²) in [4.78, 5) is 8.96. The molecule has 217 valence electrons. The Morgan fingerprint density at radius 1 is 0.622 bits per heavy atom. The molecule has 4 heterocycles. The van der Waals surface area contributed by atoms with Crippen LogP contribution in [0, 0.1) is 12.1 Å². The van der Waals surface area contributed by atoms with Crippen molar-refractivity contribution in [2.24, 2.45) is 0 Å². The Kier molecular flexibility index (Phi) is 7.61. The van der Waals surface area contributed by atoms with Crippen molar-refractivity contribution in [3.8, 4) is 28.3 Å². The van der Waals surface area contributed by atoms with Crippen LogP contribution in [0.3, 0.4) is 0 Å². The second-order valence-corrected chi connectivity index (χ2v) is 9.98. The molecule has 8 nitrogen and oxygen atoms in total. The smallest absolute Gasteiger partial charge is 0.214 e. The van der Waals surface area contributed by atoms with Crippen molar-refractivity contribution in [1.29, 1.82) is 0 Å². The van der Waals surface area contributed by atoms with Crippen LogP contribution in [0.4, 0.5) is 0 Å². The number of pyridine rings is 1. The minimum absolute atomic E-state index is 0. The van der Waals surface area contributed by atoms with Gasteiger partial charge in [-0.3, -0.25) is 4.98 Å². The van der Waals surface area contributed by atoms with Crippen LogP contribution in [0.15, 0.2) is 132 Å². The van der Waals surface area contributed by atoms with Gasteiger partial charge in [0.2, 0.25) is 11.3 Å². The van der Waals surface area contributed by atoms with E-state index in [0.717, 1.165) is 49.6 Å². The SMILES string of the molecule is [Ir].[c-]1ccc2c(oc3c4ccccc4ccc23)c1-c1nc2nnnnc2n1-c1ccccc1.[c-]1ccccc1-c1ccccn1. The summed E-state index contributed by atoms with van der Waals surface area (Å²) in [6.45, 7) is 0. The normalized spacial score (nSPS) is 10.9. The predicted molar refractivity (Wildman–Crippen MR) is 170 cm³/mol. The van der Waals surface area contributed by atoms with Crippen molar-refractivity contribution in [3.05, 3.63) is 140 Å². The van der Waals surface area contributed by atoms with Gasteiger partial charge in [-0.1, -0.05) is 77.7 Å². The van der Waals surface area contributed by atoms with E-state index in [2.05, 4.69) is 62.0 Å². The van der Waals surface area contributed by atoms with Gasteiger partial charge in [0.15, 0.2) is 0 Å². The quantitative estimate of drug-likeness (QED) is 0.171. The van der Waals surface area contributed by atoms with E-state index in [1.54, 1.807) is 6.20 Å². The Morgan fingerprint density at radius 3 is 2.27 bits per heavy atom. The van der Waals surface area contributed by atoms with Crippen LogP contribution in [0.5, 0.6) is 0 Å². The fourth-order valence-electron chi connectivity index (χ4n) is 5.38. The summed E-state index contributed by atoms with van der Waals surface area (Å²) >= 11 is 0. The monoisotopic (exact) mass is 760 g/mol. The molecule has 0 saturated carbocycles. The van der Waals surface area contributed by atoms with Crippen LogP contribution >= 0.6 is 0 Å². The third-order valence-corrected chi connectivity index (χ3v) is 7.37. The Labute approximate surface area is 270 Å². The molecule has 0 spiro atoms. The molecule has 0 aliphatic rings. The molecule has 0 fully saturated rings. The zero-order valence-corrected chi connectivity index (χ0v) is 25.9. The van der Waals surface area contributed by atoms with Gasteiger partial charge in [0.05, 0.1) is 11.4 Å². The number of aromatic nitrogens is 7. The third-order valence-electron chi connectivity index (χ3n) is 7.37. The first-order valence-corrected chi connectivity index (χ1v) is 14.0. The Balaban J connectivity index is 0.000000211. The number of imidazole rings is 1. The van der Waals surface area contributed by atoms with E-state index < -0.39 is 0 Å². The van der Waals surface area contributed by atoms with E-state index in [1.165, 1.54) is 0 Å². The van der Waals surface area contributed by atoms with Crippen LogP contribution in [-0.2, 0) is 20.1 Å². The molecule has 0 aliphatic heterocycles. The molecular weight excluding hydrogens is 739 g/mol. The van der Waals surface area contributed by atoms with Crippen LogP contribution < -0.4 is 0 Å². The maximum Gasteiger partial charge on any atom is 0.214 e. The summed E-state index contributed by atoms with van der Waals surface area (Å²) in [5, 5.41) is 19.9. The molecule has 5 aromatic carbocycles. The molecule has 9 rings (SSSR count). The van der Waals surface area contributed by atoms with Gasteiger partial charge in [-0.05, 0) is 39.7 Å². The number of benzene rings is 5. The molecule has 9 heteroatoms. The number of hydrogen-bond donors (Lipinski definition) is 0. The third kappa shape index (κ3) is 5.14. The molecule has 0 bridgehead atoms. The van der Waals surface area contributed by atoms with E-state index in [4.69, 9.17) is 9.40 Å². The average molecular weight is 760 g/mol. The van der Waals surface area contributed by atoms with Gasteiger partial charge in [-0.15, -0.1) is 64.3 Å². The minimum Gasteiger partial charge on any atom is -0.500 e. The Bertz CT molecular complexity index is 2360. The van der Waals surface area contributed by atoms with Gasteiger partial charge in [-0.25, -0.2) is 0 Å². The van der Waals surface area contributed by atoms with E-state index in [-0.39, 0.29) is 20.1 Å². The number of rotatable bonds is 3. The topological polar surface area (TPSA) is 95.4 Å². The molecule has 0 atom stereocenters. The summed E-state index contributed by atoms with van der Waals surface area (Å²) in [7, 11) is 0. The zero-order valence-electron chi connectivity index (χ0n) is 23.5. The van der Waals surface area contributed by atoms with Crippen LogP contribution in [0.25, 0.3) is 72.3 Å². The van der Waals surface area contributed by atoms with E-state index in [0.29, 0.717) is 22.7 Å². The molecule has 0 unspecified atom stereocenters. The fourth-order valence-corrected chi connectivity index (χ4v) is 5.38. The maximum atomic E-state index is 6.48. The number of furan rings is 1. The van der Waals surface area contributed by atoms with Gasteiger partial charge < -0.3 is 14.0 Å². The van der Waals surface area contributed by atoms with Crippen molar-refractivity contribution in [2.75, 3.05) is 0 Å². The van der Waals surface area contributed by atoms with Crippen LogP contribution in [-0.4, -0.2) is 35.2 Å². The molecule has 0 aliphatic carbocycles. The molecule has 9 aromatic rings. The first kappa shape index (κ1) is 28.2. The van der Waals surface area contributed by atoms with Crippen molar-refractivity contribution < 1.29 is 24.5 Å². The van der Waals surface area contributed by atoms with Crippen LogP contribution in [0.2, 0.25) is 0 Å². The summed E-state index contributed by atoms with van der Waals surface area (Å²) in [6.07, 6.45) is 1.79. The van der Waals surface area contributed by atoms with Gasteiger partial charge in [-0.2, -0.15) is 0 Å². The Hall–Kier alpha value is -5.63. The maximum absolute atomic E-state index is 6.48. The van der Waals surface area contributed by atoms with Gasteiger partial charge in [0.25, 0.3) is 0 Å². The largest absolute Gasteiger partial charge is 0.500 e. The van der Waals surface area contributed by atoms with Gasteiger partial charge >= 0.3 is 0 Å². The van der Waals surface area contributed by atoms with Crippen molar-refractivity contribution in [2.45, 2.75) is 0 Å². The number of para-hydroxylation sites is 1. The number of nitrogens with zero attached hydrogens (tertiary/aromatic N) is 7. The fraction of sp³-hybridized carbons (Fsp3) is 0. The molecule has 45 heavy (non-hydrogen) atoms. The predicted octanol–water partition coefficient (Wildman–Crippen LogP) is 7.67. The summed E-state index contributed by atoms with van der Waals surface area (Å²) in [5.74, 6) is 0.620. The number of hydrogen-bond acceptors (Lipinski definition) is 7. The molecule has 0 N–H and O–H groups in total. The van der Waals surface area contributed by atoms with Crippen LogP contribution in [0.1, 0.15) is 0 Å². The second kappa shape index (κ2) is 12.2. The van der Waals surface area contributed by atoms with E-state index in [9.17, 15) is 0 Å². The number of fused-ring (bicyclic) bond motifs is 6. The van der Waals surface area contributed by atoms with Gasteiger partial charge in [0.1, 0.15) is 5.58 Å². The van der Waals surface area contributed by atoms with E-state index >= 15 is 0 Å². The van der Waals surface area contributed by atoms with E-state index in [1.807, 2.05) is 102 Å². The minimum atomic E-state index is 0. The van der Waals surface area contributed by atoms with Gasteiger partial charge in [0, 0.05) is 42.8 Å². The molecule has 1 radical (unpaired) electrons. The summed E-state index contributed by atoms with van der Waals surface area (Å²) in [5.41, 5.74) is 6.12. The summed E-state index contributed by atoms with van der Waals surface area (Å²) in [6, 6.07) is 46.4. The first-order valence-electron chi connectivity index (χ1n) is 14.0. The standard InChI is InChI=1S/C25H13N6O.C11H8N.Ir/c1-2-8-16(9-3-1)31-24(26-23-25(31)28-30-29-27-23)20-12-6-11-18-19-14-13-15-7-4-5-10-17(15)21(19)32-22(18)20;1-2-6-10(7-3-1)11-8-4-5-9-12-11;/h1-11,13-14H;1-6,8-9H;/q2*-1;. The molecule has 4 aromatic heterocycles. The van der Waals surface area contributed by atoms with Crippen molar-refractivity contribution in [1.82, 2.24) is 35.2 Å². The summed E-state index contributed by atoms with van der Waals surface area (Å²) < 4.78 is 8.39. The first-order chi connectivity index (χ1) is 21.8.